The lowest BCUT2D eigenvalue weighted by Crippen LogP contribution is -2.12. The highest BCUT2D eigenvalue weighted by molar-refractivity contribution is 7.16. The van der Waals surface area contributed by atoms with Gasteiger partial charge in [-0.25, -0.2) is 0 Å². The molecule has 0 bridgehead atoms. The molecule has 2 nitrogen and oxygen atoms in total. The lowest BCUT2D eigenvalue weighted by Gasteiger charge is -2.09. The Balaban J connectivity index is 1.90. The quantitative estimate of drug-likeness (QED) is 0.757. The molecule has 0 aromatic carbocycles. The van der Waals surface area contributed by atoms with Crippen molar-refractivity contribution < 1.29 is 0 Å². The van der Waals surface area contributed by atoms with E-state index in [1.807, 2.05) is 11.3 Å². The fraction of sp³-hybridized carbons (Fsp3) is 0.636. The summed E-state index contributed by atoms with van der Waals surface area (Å²) in [6.45, 7) is 3.59. The van der Waals surface area contributed by atoms with Gasteiger partial charge in [-0.3, -0.25) is 0 Å². The Hall–Kier alpha value is -0.540. The van der Waals surface area contributed by atoms with Crippen molar-refractivity contribution in [3.8, 4) is 0 Å². The summed E-state index contributed by atoms with van der Waals surface area (Å²) < 4.78 is 0. The zero-order valence-electron chi connectivity index (χ0n) is 8.55. The molecule has 3 heteroatoms. The smallest absolute Gasteiger partial charge is 0.0942 e. The van der Waals surface area contributed by atoms with Gasteiger partial charge in [0.25, 0.3) is 0 Å². The fourth-order valence-corrected chi connectivity index (χ4v) is 3.76. The van der Waals surface area contributed by atoms with Gasteiger partial charge in [0.2, 0.25) is 0 Å². The molecule has 76 valence electrons. The number of hydrogen-bond acceptors (Lipinski definition) is 3. The van der Waals surface area contributed by atoms with Crippen LogP contribution in [0.5, 0.6) is 0 Å². The van der Waals surface area contributed by atoms with E-state index in [9.17, 15) is 0 Å². The normalized spacial score (nSPS) is 25.8. The van der Waals surface area contributed by atoms with Crippen LogP contribution in [-0.2, 0) is 6.42 Å². The van der Waals surface area contributed by atoms with Crippen molar-refractivity contribution in [3.63, 3.8) is 0 Å². The lowest BCUT2D eigenvalue weighted by atomic mass is 10.1. The minimum Gasteiger partial charge on any atom is -0.366 e. The third-order valence-corrected chi connectivity index (χ3v) is 4.79. The zero-order valence-corrected chi connectivity index (χ0v) is 9.36. The predicted octanol–water partition coefficient (Wildman–Crippen LogP) is 1.82. The van der Waals surface area contributed by atoms with Gasteiger partial charge in [0, 0.05) is 30.9 Å². The van der Waals surface area contributed by atoms with Crippen LogP contribution in [0.3, 0.4) is 0 Å². The predicted molar refractivity (Wildman–Crippen MR) is 61.5 cm³/mol. The van der Waals surface area contributed by atoms with E-state index in [2.05, 4.69) is 23.3 Å². The second-order valence-electron chi connectivity index (χ2n) is 4.34. The molecule has 2 aliphatic heterocycles. The van der Waals surface area contributed by atoms with Crippen molar-refractivity contribution in [1.29, 1.82) is 0 Å². The molecular weight excluding hydrogens is 192 g/mol. The Labute approximate surface area is 88.9 Å². The SMILES string of the molecule is CN1CCc2cc(C3CCNC3)sc21. The molecule has 1 saturated heterocycles. The van der Waals surface area contributed by atoms with Gasteiger partial charge in [-0.05, 0) is 31.0 Å². The van der Waals surface area contributed by atoms with Crippen LogP contribution < -0.4 is 10.2 Å². The molecule has 1 atom stereocenters. The van der Waals surface area contributed by atoms with Gasteiger partial charge in [-0.2, -0.15) is 0 Å². The molecule has 2 aliphatic rings. The number of thiophene rings is 1. The molecule has 1 fully saturated rings. The maximum atomic E-state index is 3.44. The lowest BCUT2D eigenvalue weighted by molar-refractivity contribution is 0.777. The molecule has 0 saturated carbocycles. The largest absolute Gasteiger partial charge is 0.366 e. The summed E-state index contributed by atoms with van der Waals surface area (Å²) >= 11 is 2.01. The van der Waals surface area contributed by atoms with Gasteiger partial charge < -0.3 is 10.2 Å². The second kappa shape index (κ2) is 3.24. The molecule has 1 unspecified atom stereocenters. The van der Waals surface area contributed by atoms with Crippen molar-refractivity contribution in [2.45, 2.75) is 18.8 Å². The molecule has 1 aromatic heterocycles. The summed E-state index contributed by atoms with van der Waals surface area (Å²) in [6, 6.07) is 2.45. The van der Waals surface area contributed by atoms with E-state index < -0.39 is 0 Å². The molecule has 0 radical (unpaired) electrons. The summed E-state index contributed by atoms with van der Waals surface area (Å²) in [5, 5.41) is 4.96. The number of rotatable bonds is 1. The molecule has 1 N–H and O–H groups in total. The van der Waals surface area contributed by atoms with E-state index >= 15 is 0 Å². The first kappa shape index (κ1) is 8.74. The average Bonchev–Trinajstić information content (AvgIpc) is 2.83. The van der Waals surface area contributed by atoms with Crippen LogP contribution in [0.2, 0.25) is 0 Å². The number of hydrogen-bond donors (Lipinski definition) is 1. The monoisotopic (exact) mass is 208 g/mol. The van der Waals surface area contributed by atoms with Crippen LogP contribution in [0.1, 0.15) is 22.8 Å². The zero-order chi connectivity index (χ0) is 9.54. The van der Waals surface area contributed by atoms with Gasteiger partial charge in [-0.15, -0.1) is 11.3 Å². The maximum absolute atomic E-state index is 3.44. The summed E-state index contributed by atoms with van der Waals surface area (Å²) in [6.07, 6.45) is 2.57. The number of likely N-dealkylation sites (N-methyl/N-ethyl adjacent to an activating group) is 1. The van der Waals surface area contributed by atoms with E-state index in [1.165, 1.54) is 37.5 Å². The molecule has 1 aromatic rings. The average molecular weight is 208 g/mol. The Bertz CT molecular complexity index is 339. The van der Waals surface area contributed by atoms with Crippen LogP contribution >= 0.6 is 11.3 Å². The highest BCUT2D eigenvalue weighted by Crippen LogP contribution is 2.40. The first-order valence-electron chi connectivity index (χ1n) is 5.39. The van der Waals surface area contributed by atoms with Gasteiger partial charge in [0.15, 0.2) is 0 Å². The third-order valence-electron chi connectivity index (χ3n) is 3.33. The van der Waals surface area contributed by atoms with Gasteiger partial charge >= 0.3 is 0 Å². The van der Waals surface area contributed by atoms with Gasteiger partial charge in [0.1, 0.15) is 0 Å². The standard InChI is InChI=1S/C11H16N2S/c1-13-5-3-8-6-10(14-11(8)13)9-2-4-12-7-9/h6,9,12H,2-5,7H2,1H3. The number of nitrogens with zero attached hydrogens (tertiary/aromatic N) is 1. The summed E-state index contributed by atoms with van der Waals surface area (Å²) in [5.41, 5.74) is 1.58. The third kappa shape index (κ3) is 1.27. The Morgan fingerprint density at radius 2 is 2.50 bits per heavy atom. The molecule has 0 aliphatic carbocycles. The molecular formula is C11H16N2S. The Morgan fingerprint density at radius 1 is 1.57 bits per heavy atom. The summed E-state index contributed by atoms with van der Waals surface area (Å²) in [5.74, 6) is 0.791. The van der Waals surface area contributed by atoms with Gasteiger partial charge in [0.05, 0.1) is 5.00 Å². The van der Waals surface area contributed by atoms with E-state index in [-0.39, 0.29) is 0 Å². The minimum atomic E-state index is 0.791. The highest BCUT2D eigenvalue weighted by atomic mass is 32.1. The molecule has 0 spiro atoms. The van der Waals surface area contributed by atoms with E-state index in [1.54, 1.807) is 10.4 Å². The summed E-state index contributed by atoms with van der Waals surface area (Å²) in [7, 11) is 2.21. The van der Waals surface area contributed by atoms with Crippen LogP contribution in [-0.4, -0.2) is 26.7 Å². The molecule has 0 amide bonds. The van der Waals surface area contributed by atoms with E-state index in [0.29, 0.717) is 0 Å². The van der Waals surface area contributed by atoms with Crippen molar-refractivity contribution in [1.82, 2.24) is 5.32 Å². The van der Waals surface area contributed by atoms with Crippen molar-refractivity contribution in [2.75, 3.05) is 31.6 Å². The van der Waals surface area contributed by atoms with Crippen molar-refractivity contribution in [2.24, 2.45) is 0 Å². The fourth-order valence-electron chi connectivity index (χ4n) is 2.43. The topological polar surface area (TPSA) is 15.3 Å². The van der Waals surface area contributed by atoms with Crippen LogP contribution in [0.15, 0.2) is 6.07 Å². The Kier molecular flexibility index (Phi) is 2.03. The van der Waals surface area contributed by atoms with Crippen LogP contribution in [0.4, 0.5) is 5.00 Å². The number of nitrogens with one attached hydrogen (secondary N) is 1. The summed E-state index contributed by atoms with van der Waals surface area (Å²) in [4.78, 5) is 4.00. The minimum absolute atomic E-state index is 0.791. The molecule has 14 heavy (non-hydrogen) atoms. The van der Waals surface area contributed by atoms with Crippen molar-refractivity contribution in [3.05, 3.63) is 16.5 Å². The molecule has 3 rings (SSSR count). The molecule has 3 heterocycles. The highest BCUT2D eigenvalue weighted by Gasteiger charge is 2.24. The first-order chi connectivity index (χ1) is 6.84. The number of anilines is 1. The van der Waals surface area contributed by atoms with Gasteiger partial charge in [-0.1, -0.05) is 0 Å². The first-order valence-corrected chi connectivity index (χ1v) is 6.20. The van der Waals surface area contributed by atoms with E-state index in [4.69, 9.17) is 0 Å². The van der Waals surface area contributed by atoms with E-state index in [0.717, 1.165) is 5.92 Å². The maximum Gasteiger partial charge on any atom is 0.0942 e. The van der Waals surface area contributed by atoms with Crippen molar-refractivity contribution >= 4 is 16.3 Å². The van der Waals surface area contributed by atoms with Crippen LogP contribution in [0.25, 0.3) is 0 Å². The number of fused-ring (bicyclic) bond motifs is 1. The van der Waals surface area contributed by atoms with Crippen LogP contribution in [0, 0.1) is 0 Å². The second-order valence-corrected chi connectivity index (χ2v) is 5.40. The Morgan fingerprint density at radius 3 is 3.21 bits per heavy atom.